The lowest BCUT2D eigenvalue weighted by molar-refractivity contribution is -0.141. The van der Waals surface area contributed by atoms with Crippen LogP contribution >= 0.6 is 11.3 Å². The predicted octanol–water partition coefficient (Wildman–Crippen LogP) is 3.23. The van der Waals surface area contributed by atoms with Crippen molar-refractivity contribution in [3.8, 4) is 0 Å². The maximum atomic E-state index is 13.0. The number of halogens is 3. The first kappa shape index (κ1) is 18.1. The monoisotopic (exact) mass is 411 g/mol. The molecule has 1 spiro atoms. The summed E-state index contributed by atoms with van der Waals surface area (Å²) in [6, 6.07) is 0.903. The van der Waals surface area contributed by atoms with E-state index < -0.39 is 11.9 Å². The summed E-state index contributed by atoms with van der Waals surface area (Å²) in [5.74, 6) is 0.119. The van der Waals surface area contributed by atoms with Gasteiger partial charge in [-0.25, -0.2) is 15.0 Å². The molecule has 0 aliphatic carbocycles. The van der Waals surface area contributed by atoms with Gasteiger partial charge in [0.25, 0.3) is 0 Å². The van der Waals surface area contributed by atoms with Crippen molar-refractivity contribution >= 4 is 22.4 Å². The van der Waals surface area contributed by atoms with Crippen molar-refractivity contribution in [3.05, 3.63) is 28.5 Å². The lowest BCUT2D eigenvalue weighted by Crippen LogP contribution is -2.39. The molecule has 2 aromatic rings. The summed E-state index contributed by atoms with van der Waals surface area (Å²) in [6.45, 7) is 4.25. The molecule has 1 atom stereocenters. The first-order valence-corrected chi connectivity index (χ1v) is 10.2. The Kier molecular flexibility index (Phi) is 4.24. The van der Waals surface area contributed by atoms with Crippen molar-refractivity contribution in [2.24, 2.45) is 0 Å². The molecular formula is C18H20F3N5OS. The second kappa shape index (κ2) is 6.55. The van der Waals surface area contributed by atoms with Gasteiger partial charge >= 0.3 is 6.18 Å². The highest BCUT2D eigenvalue weighted by atomic mass is 32.1. The first-order chi connectivity index (χ1) is 13.4. The molecular weight excluding hydrogens is 391 g/mol. The molecule has 0 amide bonds. The van der Waals surface area contributed by atoms with E-state index in [-0.39, 0.29) is 11.4 Å². The van der Waals surface area contributed by atoms with Crippen LogP contribution in [0.4, 0.5) is 24.3 Å². The number of anilines is 2. The molecule has 0 aromatic carbocycles. The molecule has 0 N–H and O–H groups in total. The molecule has 2 saturated heterocycles. The number of alkyl halides is 3. The van der Waals surface area contributed by atoms with Gasteiger partial charge < -0.3 is 14.5 Å². The van der Waals surface area contributed by atoms with Gasteiger partial charge in [-0.2, -0.15) is 13.2 Å². The fourth-order valence-electron chi connectivity index (χ4n) is 4.32. The van der Waals surface area contributed by atoms with Crippen LogP contribution in [0.25, 0.3) is 0 Å². The number of thiazole rings is 1. The lowest BCUT2D eigenvalue weighted by atomic mass is 9.82. The molecule has 10 heteroatoms. The van der Waals surface area contributed by atoms with Gasteiger partial charge in [0.15, 0.2) is 5.13 Å². The number of aromatic nitrogens is 3. The van der Waals surface area contributed by atoms with Crippen LogP contribution in [0.1, 0.15) is 35.5 Å². The molecule has 3 aliphatic heterocycles. The van der Waals surface area contributed by atoms with Gasteiger partial charge in [0.2, 0.25) is 5.95 Å². The Hall–Kier alpha value is -1.94. The summed E-state index contributed by atoms with van der Waals surface area (Å²) in [5.41, 5.74) is -0.163. The molecule has 0 radical (unpaired) electrons. The van der Waals surface area contributed by atoms with Gasteiger partial charge in [-0.05, 0) is 25.3 Å². The molecule has 0 bridgehead atoms. The Balaban J connectivity index is 1.43. The fraction of sp³-hybridized carbons (Fsp3) is 0.611. The van der Waals surface area contributed by atoms with Gasteiger partial charge in [-0.1, -0.05) is 11.3 Å². The van der Waals surface area contributed by atoms with Crippen molar-refractivity contribution in [3.63, 3.8) is 0 Å². The van der Waals surface area contributed by atoms with Crippen LogP contribution in [0.3, 0.4) is 0 Å². The largest absolute Gasteiger partial charge is 0.433 e. The summed E-state index contributed by atoms with van der Waals surface area (Å²) in [4.78, 5) is 18.1. The molecule has 6 nitrogen and oxygen atoms in total. The number of nitrogens with zero attached hydrogens (tertiary/aromatic N) is 5. The fourth-order valence-corrected chi connectivity index (χ4v) is 5.49. The first-order valence-electron chi connectivity index (χ1n) is 9.43. The van der Waals surface area contributed by atoms with E-state index in [0.717, 1.165) is 41.3 Å². The van der Waals surface area contributed by atoms with Gasteiger partial charge in [-0.3, -0.25) is 0 Å². The summed E-state index contributed by atoms with van der Waals surface area (Å²) >= 11 is 1.69. The summed E-state index contributed by atoms with van der Waals surface area (Å²) < 4.78 is 44.9. The average Bonchev–Trinajstić information content (AvgIpc) is 3.41. The maximum absolute atomic E-state index is 13.0. The van der Waals surface area contributed by atoms with Crippen LogP contribution < -0.4 is 9.80 Å². The number of rotatable bonds is 2. The van der Waals surface area contributed by atoms with Crippen molar-refractivity contribution < 1.29 is 17.9 Å². The van der Waals surface area contributed by atoms with Gasteiger partial charge in [0.05, 0.1) is 29.2 Å². The molecule has 1 unspecified atom stereocenters. The second-order valence-corrected chi connectivity index (χ2v) is 8.71. The van der Waals surface area contributed by atoms with Crippen molar-refractivity contribution in [2.75, 3.05) is 42.6 Å². The van der Waals surface area contributed by atoms with Crippen LogP contribution in [0, 0.1) is 0 Å². The van der Waals surface area contributed by atoms with E-state index in [9.17, 15) is 13.2 Å². The minimum Gasteiger partial charge on any atom is -0.375 e. The van der Waals surface area contributed by atoms with Gasteiger partial charge in [0, 0.05) is 32.4 Å². The van der Waals surface area contributed by atoms with E-state index in [1.807, 2.05) is 4.90 Å². The number of ether oxygens (including phenoxy) is 1. The van der Waals surface area contributed by atoms with Crippen LogP contribution in [0.15, 0.2) is 12.3 Å². The van der Waals surface area contributed by atoms with E-state index in [0.29, 0.717) is 26.3 Å². The highest BCUT2D eigenvalue weighted by Gasteiger charge is 2.47. The quantitative estimate of drug-likeness (QED) is 0.756. The van der Waals surface area contributed by atoms with Crippen LogP contribution in [-0.4, -0.2) is 47.7 Å². The third-order valence-corrected chi connectivity index (χ3v) is 6.84. The average molecular weight is 411 g/mol. The molecule has 3 aliphatic rings. The zero-order chi connectivity index (χ0) is 19.4. The van der Waals surface area contributed by atoms with Crippen LogP contribution in [-0.2, 0) is 22.9 Å². The van der Waals surface area contributed by atoms with Crippen LogP contribution in [0.5, 0.6) is 0 Å². The van der Waals surface area contributed by atoms with Crippen molar-refractivity contribution in [2.45, 2.75) is 37.5 Å². The lowest BCUT2D eigenvalue weighted by Gasteiger charge is -2.32. The Morgan fingerprint density at radius 1 is 1.11 bits per heavy atom. The minimum absolute atomic E-state index is 0.119. The molecule has 5 rings (SSSR count). The topological polar surface area (TPSA) is 54.4 Å². The number of hydrogen-bond donors (Lipinski definition) is 0. The highest BCUT2D eigenvalue weighted by Crippen LogP contribution is 2.44. The minimum atomic E-state index is -4.48. The summed E-state index contributed by atoms with van der Waals surface area (Å²) in [7, 11) is 0. The SMILES string of the molecule is FC(F)(F)c1ccnc(N2CCC3(COCc4sc(N5CCCC5)nc43)C2)n1. The molecule has 0 saturated carbocycles. The predicted molar refractivity (Wildman–Crippen MR) is 98.8 cm³/mol. The third kappa shape index (κ3) is 3.02. The third-order valence-electron chi connectivity index (χ3n) is 5.75. The Bertz CT molecular complexity index is 882. The van der Waals surface area contributed by atoms with E-state index in [4.69, 9.17) is 9.72 Å². The molecule has 5 heterocycles. The van der Waals surface area contributed by atoms with Crippen molar-refractivity contribution in [1.82, 2.24) is 15.0 Å². The molecule has 2 fully saturated rings. The zero-order valence-corrected chi connectivity index (χ0v) is 16.0. The summed E-state index contributed by atoms with van der Waals surface area (Å²) in [5, 5.41) is 1.04. The van der Waals surface area contributed by atoms with Crippen molar-refractivity contribution in [1.29, 1.82) is 0 Å². The maximum Gasteiger partial charge on any atom is 0.433 e. The van der Waals surface area contributed by atoms with E-state index in [1.165, 1.54) is 19.0 Å². The number of hydrogen-bond acceptors (Lipinski definition) is 7. The molecule has 28 heavy (non-hydrogen) atoms. The van der Waals surface area contributed by atoms with Crippen LogP contribution in [0.2, 0.25) is 0 Å². The normalized spacial score (nSPS) is 25.0. The van der Waals surface area contributed by atoms with E-state index in [1.54, 1.807) is 11.3 Å². The summed E-state index contributed by atoms with van der Waals surface area (Å²) in [6.07, 6.45) is -0.162. The number of fused-ring (bicyclic) bond motifs is 2. The highest BCUT2D eigenvalue weighted by molar-refractivity contribution is 7.15. The van der Waals surface area contributed by atoms with Gasteiger partial charge in [-0.15, -0.1) is 0 Å². The second-order valence-electron chi connectivity index (χ2n) is 7.65. The smallest absolute Gasteiger partial charge is 0.375 e. The standard InChI is InChI=1S/C18H20F3N5OS/c19-18(20,21)13-3-5-22-15(23-13)26-8-4-17(10-26)11-27-9-12-14(17)24-16(28-12)25-6-1-2-7-25/h3,5H,1-2,4,6-11H2. The van der Waals surface area contributed by atoms with E-state index >= 15 is 0 Å². The molecule has 2 aromatic heterocycles. The van der Waals surface area contributed by atoms with Gasteiger partial charge in [0.1, 0.15) is 5.69 Å². The molecule has 150 valence electrons. The Morgan fingerprint density at radius 3 is 2.71 bits per heavy atom. The zero-order valence-electron chi connectivity index (χ0n) is 15.2. The van der Waals surface area contributed by atoms with E-state index in [2.05, 4.69) is 14.9 Å². The Morgan fingerprint density at radius 2 is 1.93 bits per heavy atom. The Labute approximate surface area is 164 Å².